The van der Waals surface area contributed by atoms with E-state index in [0.717, 1.165) is 11.1 Å². The van der Waals surface area contributed by atoms with E-state index in [1.165, 1.54) is 4.31 Å². The molecular formula is C22H25NO3S. The third-order valence-corrected chi connectivity index (χ3v) is 6.58. The third-order valence-electron chi connectivity index (χ3n) is 4.69. The Morgan fingerprint density at radius 1 is 1.00 bits per heavy atom. The van der Waals surface area contributed by atoms with Crippen LogP contribution in [0.4, 0.5) is 0 Å². The standard InChI is InChI=1S/C22H25NO3S/c1-16-10-13-18(14-11-16)27(25,26)23-19(20(23)21(24)22(2,3)4)15-12-17-8-6-5-7-9-17/h5-15,19-20H,1-4H3/b15-12+/t19-,20+,23?/m0/s1. The Morgan fingerprint density at radius 3 is 2.15 bits per heavy atom. The van der Waals surface area contributed by atoms with Crippen LogP contribution in [0.15, 0.2) is 65.6 Å². The molecule has 1 saturated heterocycles. The van der Waals surface area contributed by atoms with Crippen molar-refractivity contribution in [2.24, 2.45) is 5.41 Å². The van der Waals surface area contributed by atoms with E-state index in [-0.39, 0.29) is 10.7 Å². The van der Waals surface area contributed by atoms with Gasteiger partial charge in [-0.05, 0) is 24.6 Å². The van der Waals surface area contributed by atoms with Crippen LogP contribution >= 0.6 is 0 Å². The molecule has 1 fully saturated rings. The molecule has 1 heterocycles. The van der Waals surface area contributed by atoms with Crippen LogP contribution in [0.1, 0.15) is 31.9 Å². The largest absolute Gasteiger partial charge is 0.297 e. The predicted octanol–water partition coefficient (Wildman–Crippen LogP) is 4.07. The summed E-state index contributed by atoms with van der Waals surface area (Å²) in [5.74, 6) is -0.0686. The fourth-order valence-corrected chi connectivity index (χ4v) is 4.74. The summed E-state index contributed by atoms with van der Waals surface area (Å²) in [6.07, 6.45) is 3.69. The molecule has 1 aliphatic heterocycles. The molecular weight excluding hydrogens is 358 g/mol. The van der Waals surface area contributed by atoms with Gasteiger partial charge in [0.15, 0.2) is 5.78 Å². The summed E-state index contributed by atoms with van der Waals surface area (Å²) in [5, 5.41) is 0. The van der Waals surface area contributed by atoms with Crippen molar-refractivity contribution in [3.8, 4) is 0 Å². The van der Waals surface area contributed by atoms with Crippen molar-refractivity contribution < 1.29 is 13.2 Å². The first-order chi connectivity index (χ1) is 12.6. The summed E-state index contributed by atoms with van der Waals surface area (Å²) in [4.78, 5) is 13.1. The molecule has 4 nitrogen and oxygen atoms in total. The predicted molar refractivity (Wildman–Crippen MR) is 108 cm³/mol. The molecule has 0 aliphatic carbocycles. The summed E-state index contributed by atoms with van der Waals surface area (Å²) in [6, 6.07) is 15.3. The number of hydrogen-bond donors (Lipinski definition) is 0. The maximum atomic E-state index is 13.1. The molecule has 0 saturated carbocycles. The van der Waals surface area contributed by atoms with Crippen molar-refractivity contribution >= 4 is 21.9 Å². The van der Waals surface area contributed by atoms with Crippen LogP contribution in [0.25, 0.3) is 6.08 Å². The van der Waals surface area contributed by atoms with Gasteiger partial charge in [0.1, 0.15) is 6.04 Å². The highest BCUT2D eigenvalue weighted by Gasteiger charge is 2.59. The molecule has 27 heavy (non-hydrogen) atoms. The van der Waals surface area contributed by atoms with Crippen LogP contribution in [0.5, 0.6) is 0 Å². The van der Waals surface area contributed by atoms with Gasteiger partial charge in [-0.3, -0.25) is 4.79 Å². The van der Waals surface area contributed by atoms with Gasteiger partial charge in [0.2, 0.25) is 10.0 Å². The van der Waals surface area contributed by atoms with Crippen molar-refractivity contribution in [1.29, 1.82) is 0 Å². The Kier molecular flexibility index (Phi) is 5.10. The second-order valence-corrected chi connectivity index (χ2v) is 9.81. The van der Waals surface area contributed by atoms with Crippen LogP contribution < -0.4 is 0 Å². The number of hydrogen-bond acceptors (Lipinski definition) is 3. The summed E-state index contributed by atoms with van der Waals surface area (Å²) in [7, 11) is -3.73. The molecule has 3 rings (SSSR count). The molecule has 2 aromatic rings. The highest BCUT2D eigenvalue weighted by molar-refractivity contribution is 7.89. The Hall–Kier alpha value is -2.24. The minimum atomic E-state index is -3.73. The van der Waals surface area contributed by atoms with E-state index >= 15 is 0 Å². The SMILES string of the molecule is Cc1ccc(S(=O)(=O)N2[C@@H](/C=C/c3ccccc3)[C@@H]2C(=O)C(C)(C)C)cc1. The summed E-state index contributed by atoms with van der Waals surface area (Å²) in [5.41, 5.74) is 1.35. The van der Waals surface area contributed by atoms with Crippen LogP contribution in [0.3, 0.4) is 0 Å². The highest BCUT2D eigenvalue weighted by Crippen LogP contribution is 2.41. The fourth-order valence-electron chi connectivity index (χ4n) is 3.05. The molecule has 1 unspecified atom stereocenters. The smallest absolute Gasteiger partial charge is 0.244 e. The van der Waals surface area contributed by atoms with Gasteiger partial charge in [-0.2, -0.15) is 4.31 Å². The lowest BCUT2D eigenvalue weighted by Gasteiger charge is -2.16. The zero-order valence-corrected chi connectivity index (χ0v) is 16.9. The lowest BCUT2D eigenvalue weighted by molar-refractivity contribution is -0.126. The molecule has 142 valence electrons. The first kappa shape index (κ1) is 19.5. The van der Waals surface area contributed by atoms with Crippen LogP contribution in [0.2, 0.25) is 0 Å². The Balaban J connectivity index is 1.94. The minimum absolute atomic E-state index is 0.0686. The van der Waals surface area contributed by atoms with Crippen molar-refractivity contribution in [2.45, 2.75) is 44.7 Å². The maximum absolute atomic E-state index is 13.1. The second-order valence-electron chi connectivity index (χ2n) is 7.97. The zero-order chi connectivity index (χ0) is 19.8. The average Bonchev–Trinajstić information content (AvgIpc) is 3.35. The van der Waals surface area contributed by atoms with E-state index in [4.69, 9.17) is 0 Å². The molecule has 3 atom stereocenters. The molecule has 0 N–H and O–H groups in total. The molecule has 0 bridgehead atoms. The highest BCUT2D eigenvalue weighted by atomic mass is 32.2. The molecule has 0 amide bonds. The van der Waals surface area contributed by atoms with E-state index in [1.54, 1.807) is 24.3 Å². The number of Topliss-reactive ketones (excluding diaryl/α,β-unsaturated/α-hetero) is 1. The number of benzene rings is 2. The van der Waals surface area contributed by atoms with Gasteiger partial charge in [0.05, 0.1) is 10.9 Å². The molecule has 5 heteroatoms. The lowest BCUT2D eigenvalue weighted by atomic mass is 9.88. The monoisotopic (exact) mass is 383 g/mol. The fraction of sp³-hybridized carbons (Fsp3) is 0.318. The van der Waals surface area contributed by atoms with Crippen molar-refractivity contribution in [3.63, 3.8) is 0 Å². The molecule has 0 spiro atoms. The average molecular weight is 384 g/mol. The van der Waals surface area contributed by atoms with Crippen molar-refractivity contribution in [1.82, 2.24) is 4.31 Å². The number of rotatable bonds is 5. The number of nitrogens with zero attached hydrogens (tertiary/aromatic N) is 1. The first-order valence-corrected chi connectivity index (χ1v) is 10.4. The number of carbonyl (C=O) groups is 1. The number of aryl methyl sites for hydroxylation is 1. The molecule has 2 aromatic carbocycles. The zero-order valence-electron chi connectivity index (χ0n) is 16.1. The Bertz CT molecular complexity index is 955. The molecule has 0 aromatic heterocycles. The van der Waals surface area contributed by atoms with E-state index in [0.29, 0.717) is 0 Å². The molecule has 0 radical (unpaired) electrons. The minimum Gasteiger partial charge on any atom is -0.297 e. The lowest BCUT2D eigenvalue weighted by Crippen LogP contribution is -2.29. The number of ketones is 1. The van der Waals surface area contributed by atoms with Gasteiger partial charge in [-0.15, -0.1) is 0 Å². The van der Waals surface area contributed by atoms with Crippen LogP contribution in [-0.2, 0) is 14.8 Å². The van der Waals surface area contributed by atoms with Gasteiger partial charge in [-0.1, -0.05) is 81.0 Å². The van der Waals surface area contributed by atoms with E-state index in [9.17, 15) is 13.2 Å². The van der Waals surface area contributed by atoms with Gasteiger partial charge in [0.25, 0.3) is 0 Å². The normalized spacial score (nSPS) is 22.7. The molecule has 1 aliphatic rings. The van der Waals surface area contributed by atoms with Crippen LogP contribution in [0, 0.1) is 12.3 Å². The quantitative estimate of drug-likeness (QED) is 0.732. The number of sulfonamides is 1. The third kappa shape index (κ3) is 4.04. The topological polar surface area (TPSA) is 54.2 Å². The van der Waals surface area contributed by atoms with Gasteiger partial charge < -0.3 is 0 Å². The van der Waals surface area contributed by atoms with Crippen molar-refractivity contribution in [3.05, 3.63) is 71.8 Å². The van der Waals surface area contributed by atoms with E-state index in [1.807, 2.05) is 70.2 Å². The van der Waals surface area contributed by atoms with Gasteiger partial charge in [0, 0.05) is 5.41 Å². The van der Waals surface area contributed by atoms with Crippen molar-refractivity contribution in [2.75, 3.05) is 0 Å². The van der Waals surface area contributed by atoms with Crippen LogP contribution in [-0.4, -0.2) is 30.6 Å². The Labute approximate surface area is 161 Å². The summed E-state index contributed by atoms with van der Waals surface area (Å²) >= 11 is 0. The summed E-state index contributed by atoms with van der Waals surface area (Å²) in [6.45, 7) is 7.37. The maximum Gasteiger partial charge on any atom is 0.244 e. The van der Waals surface area contributed by atoms with E-state index in [2.05, 4.69) is 0 Å². The number of carbonyl (C=O) groups excluding carboxylic acids is 1. The first-order valence-electron chi connectivity index (χ1n) is 9.00. The second kappa shape index (κ2) is 7.06. The summed E-state index contributed by atoms with van der Waals surface area (Å²) < 4.78 is 27.5. The van der Waals surface area contributed by atoms with E-state index < -0.39 is 27.5 Å². The van der Waals surface area contributed by atoms with Gasteiger partial charge in [-0.25, -0.2) is 8.42 Å². The van der Waals surface area contributed by atoms with Gasteiger partial charge >= 0.3 is 0 Å². The Morgan fingerprint density at radius 2 is 1.59 bits per heavy atom.